The Hall–Kier alpha value is -1.57. The van der Waals surface area contributed by atoms with Crippen LogP contribution in [0, 0.1) is 6.92 Å². The van der Waals surface area contributed by atoms with Gasteiger partial charge in [0.1, 0.15) is 10.7 Å². The molecule has 0 bridgehead atoms. The molecule has 0 saturated carbocycles. The van der Waals surface area contributed by atoms with E-state index in [4.69, 9.17) is 10.3 Å². The van der Waals surface area contributed by atoms with Crippen LogP contribution in [0.1, 0.15) is 23.5 Å². The highest BCUT2D eigenvalue weighted by atomic mass is 79.9. The smallest absolute Gasteiger partial charge is 0.277 e. The van der Waals surface area contributed by atoms with E-state index in [1.165, 1.54) is 11.3 Å². The van der Waals surface area contributed by atoms with E-state index in [0.29, 0.717) is 17.4 Å². The Morgan fingerprint density at radius 1 is 1.33 bits per heavy atom. The molecule has 0 saturated heterocycles. The van der Waals surface area contributed by atoms with Crippen molar-refractivity contribution in [3.05, 3.63) is 38.6 Å². The highest BCUT2D eigenvalue weighted by Gasteiger charge is 2.15. The lowest BCUT2D eigenvalue weighted by atomic mass is 10.1. The number of benzene rings is 1. The summed E-state index contributed by atoms with van der Waals surface area (Å²) >= 11 is 4.99. The van der Waals surface area contributed by atoms with Crippen molar-refractivity contribution in [2.24, 2.45) is 5.73 Å². The second-order valence-corrected chi connectivity index (χ2v) is 6.49. The normalized spacial score (nSPS) is 12.6. The molecule has 0 radical (unpaired) electrons. The van der Waals surface area contributed by atoms with Crippen LogP contribution < -0.4 is 5.73 Å². The molecule has 1 aromatic carbocycles. The molecule has 0 amide bonds. The van der Waals surface area contributed by atoms with E-state index in [-0.39, 0.29) is 6.04 Å². The summed E-state index contributed by atoms with van der Waals surface area (Å²) in [5.74, 6) is 0.950. The van der Waals surface area contributed by atoms with Crippen molar-refractivity contribution in [2.75, 3.05) is 0 Å². The molecule has 1 atom stereocenters. The fourth-order valence-corrected chi connectivity index (χ4v) is 2.90. The monoisotopic (exact) mass is 364 g/mol. The highest BCUT2D eigenvalue weighted by molar-refractivity contribution is 9.10. The molecule has 0 fully saturated rings. The summed E-state index contributed by atoms with van der Waals surface area (Å²) in [5.41, 5.74) is 8.52. The Morgan fingerprint density at radius 2 is 2.14 bits per heavy atom. The van der Waals surface area contributed by atoms with Gasteiger partial charge in [-0.1, -0.05) is 33.2 Å². The Bertz CT molecular complexity index is 781. The minimum absolute atomic E-state index is 0.0980. The number of hydrogen-bond donors (Lipinski definition) is 1. The number of hydrogen-bond acceptors (Lipinski definition) is 6. The average molecular weight is 365 g/mol. The zero-order valence-electron chi connectivity index (χ0n) is 11.5. The van der Waals surface area contributed by atoms with Gasteiger partial charge in [-0.2, -0.15) is 4.98 Å². The van der Waals surface area contributed by atoms with Crippen LogP contribution in [0.15, 0.2) is 32.6 Å². The first-order chi connectivity index (χ1) is 10.0. The Balaban J connectivity index is 1.93. The van der Waals surface area contributed by atoms with E-state index < -0.39 is 0 Å². The maximum atomic E-state index is 5.81. The molecular weight excluding hydrogens is 352 g/mol. The van der Waals surface area contributed by atoms with Gasteiger partial charge in [0.2, 0.25) is 5.82 Å². The first-order valence-corrected chi connectivity index (χ1v) is 8.03. The van der Waals surface area contributed by atoms with Gasteiger partial charge < -0.3 is 10.3 Å². The fraction of sp³-hybridized carbons (Fsp3) is 0.214. The number of halogens is 1. The minimum atomic E-state index is -0.0980. The lowest BCUT2D eigenvalue weighted by Gasteiger charge is -1.99. The molecule has 0 aliphatic heterocycles. The quantitative estimate of drug-likeness (QED) is 0.760. The van der Waals surface area contributed by atoms with Crippen LogP contribution in [0.3, 0.4) is 0 Å². The molecule has 3 rings (SSSR count). The molecule has 2 N–H and O–H groups in total. The lowest BCUT2D eigenvalue weighted by Crippen LogP contribution is -2.03. The van der Waals surface area contributed by atoms with Crippen molar-refractivity contribution < 1.29 is 4.52 Å². The predicted molar refractivity (Wildman–Crippen MR) is 85.9 cm³/mol. The summed E-state index contributed by atoms with van der Waals surface area (Å²) < 4.78 is 6.31. The molecule has 108 valence electrons. The van der Waals surface area contributed by atoms with Crippen LogP contribution >= 0.6 is 27.3 Å². The number of nitrogens with zero attached hydrogens (tertiary/aromatic N) is 3. The van der Waals surface area contributed by atoms with Gasteiger partial charge in [-0.05, 0) is 25.5 Å². The molecule has 7 heteroatoms. The number of thiazole rings is 1. The summed E-state index contributed by atoms with van der Waals surface area (Å²) in [7, 11) is 0. The number of aryl methyl sites for hydroxylation is 1. The fourth-order valence-electron chi connectivity index (χ4n) is 1.77. The molecule has 2 aromatic heterocycles. The largest absolute Gasteiger partial charge is 0.332 e. The van der Waals surface area contributed by atoms with E-state index in [1.807, 2.05) is 37.4 Å². The van der Waals surface area contributed by atoms with Crippen LogP contribution in [-0.2, 0) is 0 Å². The third-order valence-corrected chi connectivity index (χ3v) is 4.89. The second-order valence-electron chi connectivity index (χ2n) is 4.75. The molecular formula is C14H13BrN4OS. The van der Waals surface area contributed by atoms with Gasteiger partial charge in [0, 0.05) is 15.4 Å². The predicted octanol–water partition coefficient (Wildman–Crippen LogP) is 3.95. The van der Waals surface area contributed by atoms with Crippen LogP contribution in [0.2, 0.25) is 0 Å². The number of rotatable bonds is 3. The van der Waals surface area contributed by atoms with Gasteiger partial charge in [0.25, 0.3) is 5.89 Å². The second kappa shape index (κ2) is 5.67. The maximum absolute atomic E-state index is 5.81. The van der Waals surface area contributed by atoms with Crippen molar-refractivity contribution >= 4 is 27.3 Å². The third kappa shape index (κ3) is 2.90. The first kappa shape index (κ1) is 14.4. The third-order valence-electron chi connectivity index (χ3n) is 2.99. The van der Waals surface area contributed by atoms with Crippen LogP contribution in [0.4, 0.5) is 0 Å². The van der Waals surface area contributed by atoms with Gasteiger partial charge in [0.15, 0.2) is 0 Å². The van der Waals surface area contributed by atoms with E-state index >= 15 is 0 Å². The molecule has 21 heavy (non-hydrogen) atoms. The zero-order valence-corrected chi connectivity index (χ0v) is 13.9. The summed E-state index contributed by atoms with van der Waals surface area (Å²) in [4.78, 5) is 8.81. The van der Waals surface area contributed by atoms with Gasteiger partial charge >= 0.3 is 0 Å². The molecule has 0 spiro atoms. The SMILES string of the molecule is Cc1ccc(-c2noc(-c3csc(C(C)N)n3)n2)cc1Br. The van der Waals surface area contributed by atoms with E-state index in [1.54, 1.807) is 0 Å². The van der Waals surface area contributed by atoms with Crippen molar-refractivity contribution in [3.63, 3.8) is 0 Å². The van der Waals surface area contributed by atoms with E-state index in [2.05, 4.69) is 31.1 Å². The van der Waals surface area contributed by atoms with E-state index in [0.717, 1.165) is 20.6 Å². The van der Waals surface area contributed by atoms with Crippen molar-refractivity contribution in [3.8, 4) is 23.0 Å². The summed E-state index contributed by atoms with van der Waals surface area (Å²) in [6.07, 6.45) is 0. The van der Waals surface area contributed by atoms with Gasteiger partial charge in [-0.15, -0.1) is 11.3 Å². The molecule has 1 unspecified atom stereocenters. The van der Waals surface area contributed by atoms with Crippen LogP contribution in [0.5, 0.6) is 0 Å². The molecule has 0 aliphatic rings. The maximum Gasteiger partial charge on any atom is 0.277 e. The molecule has 3 aromatic rings. The standard InChI is InChI=1S/C14H13BrN4OS/c1-7-3-4-9(5-10(7)15)12-18-13(20-19-12)11-6-21-14(17-11)8(2)16/h3-6,8H,16H2,1-2H3. The highest BCUT2D eigenvalue weighted by Crippen LogP contribution is 2.27. The molecule has 0 aliphatic carbocycles. The minimum Gasteiger partial charge on any atom is -0.332 e. The zero-order chi connectivity index (χ0) is 15.0. The van der Waals surface area contributed by atoms with Gasteiger partial charge in [-0.3, -0.25) is 0 Å². The molecule has 2 heterocycles. The average Bonchev–Trinajstić information content (AvgIpc) is 3.09. The number of aromatic nitrogens is 3. The topological polar surface area (TPSA) is 77.8 Å². The summed E-state index contributed by atoms with van der Waals surface area (Å²) in [5, 5.41) is 6.74. The van der Waals surface area contributed by atoms with E-state index in [9.17, 15) is 0 Å². The van der Waals surface area contributed by atoms with Crippen molar-refractivity contribution in [2.45, 2.75) is 19.9 Å². The Morgan fingerprint density at radius 3 is 2.81 bits per heavy atom. The first-order valence-electron chi connectivity index (χ1n) is 6.36. The van der Waals surface area contributed by atoms with Crippen molar-refractivity contribution in [1.82, 2.24) is 15.1 Å². The Labute approximate surface area is 134 Å². The van der Waals surface area contributed by atoms with Gasteiger partial charge in [-0.25, -0.2) is 4.98 Å². The Kier molecular flexibility index (Phi) is 3.88. The summed E-state index contributed by atoms with van der Waals surface area (Å²) in [6.45, 7) is 3.92. The van der Waals surface area contributed by atoms with Crippen molar-refractivity contribution in [1.29, 1.82) is 0 Å². The summed E-state index contributed by atoms with van der Waals surface area (Å²) in [6, 6.07) is 5.84. The van der Waals surface area contributed by atoms with Crippen LogP contribution in [-0.4, -0.2) is 15.1 Å². The molecule has 5 nitrogen and oxygen atoms in total. The lowest BCUT2D eigenvalue weighted by molar-refractivity contribution is 0.431. The number of nitrogens with two attached hydrogens (primary N) is 1. The van der Waals surface area contributed by atoms with Gasteiger partial charge in [0.05, 0.1) is 6.04 Å². The van der Waals surface area contributed by atoms with Crippen LogP contribution in [0.25, 0.3) is 23.0 Å².